The molecule has 11 heteroatoms. The zero-order chi connectivity index (χ0) is 20.2. The van der Waals surface area contributed by atoms with Crippen molar-refractivity contribution in [3.05, 3.63) is 53.6 Å². The summed E-state index contributed by atoms with van der Waals surface area (Å²) in [4.78, 5) is 23.3. The maximum Gasteiger partial charge on any atom is 0.412 e. The molecule has 2 amide bonds. The van der Waals surface area contributed by atoms with Crippen LogP contribution in [0.2, 0.25) is 0 Å². The quantitative estimate of drug-likeness (QED) is 0.632. The molecule has 2 aromatic rings. The van der Waals surface area contributed by atoms with Crippen LogP contribution < -0.4 is 15.8 Å². The van der Waals surface area contributed by atoms with Gasteiger partial charge in [0, 0.05) is 18.2 Å². The molecule has 0 bridgehead atoms. The molecule has 0 aromatic heterocycles. The molecule has 0 aliphatic carbocycles. The van der Waals surface area contributed by atoms with Gasteiger partial charge in [0.15, 0.2) is 0 Å². The summed E-state index contributed by atoms with van der Waals surface area (Å²) < 4.78 is 61.5. The maximum absolute atomic E-state index is 13.9. The van der Waals surface area contributed by atoms with Crippen LogP contribution in [0.1, 0.15) is 10.4 Å². The minimum absolute atomic E-state index is 0.00283. The molecule has 144 valence electrons. The van der Waals surface area contributed by atoms with Crippen molar-refractivity contribution in [2.24, 2.45) is 5.73 Å². The van der Waals surface area contributed by atoms with E-state index in [1.807, 2.05) is 0 Å². The van der Waals surface area contributed by atoms with Gasteiger partial charge < -0.3 is 15.8 Å². The van der Waals surface area contributed by atoms with E-state index in [0.29, 0.717) is 6.07 Å². The molecule has 2 rings (SSSR count). The molecule has 0 radical (unpaired) electrons. The smallest absolute Gasteiger partial charge is 0.409 e. The number of carbonyl (C=O) groups excluding carboxylic acids is 2. The normalized spacial score (nSPS) is 11.1. The molecule has 0 unspecified atom stereocenters. The van der Waals surface area contributed by atoms with Gasteiger partial charge in [0.2, 0.25) is 0 Å². The lowest BCUT2D eigenvalue weighted by Crippen LogP contribution is -2.31. The van der Waals surface area contributed by atoms with E-state index in [9.17, 15) is 26.8 Å². The summed E-state index contributed by atoms with van der Waals surface area (Å²) in [6.07, 6.45) is -1.10. The lowest BCUT2D eigenvalue weighted by atomic mass is 10.0. The van der Waals surface area contributed by atoms with Crippen molar-refractivity contribution in [2.45, 2.75) is 0 Å². The van der Waals surface area contributed by atoms with Crippen LogP contribution in [0, 0.1) is 11.6 Å². The Morgan fingerprint density at radius 1 is 1.15 bits per heavy atom. The Bertz CT molecular complexity index is 994. The highest BCUT2D eigenvalue weighted by atomic mass is 32.2. The van der Waals surface area contributed by atoms with E-state index >= 15 is 0 Å². The number of halogens is 2. The van der Waals surface area contributed by atoms with Gasteiger partial charge in [0.1, 0.15) is 17.4 Å². The van der Waals surface area contributed by atoms with Gasteiger partial charge in [-0.05, 0) is 29.8 Å². The number of carbonyl (C=O) groups is 2. The first-order valence-electron chi connectivity index (χ1n) is 7.37. The van der Waals surface area contributed by atoms with E-state index in [2.05, 4.69) is 5.32 Å². The molecule has 0 atom stereocenters. The number of primary amides is 1. The van der Waals surface area contributed by atoms with Crippen LogP contribution >= 0.6 is 0 Å². The Kier molecular flexibility index (Phi) is 6.08. The largest absolute Gasteiger partial charge is 0.412 e. The number of rotatable bonds is 6. The molecule has 0 saturated heterocycles. The number of nitrogens with one attached hydrogen (secondary N) is 1. The van der Waals surface area contributed by atoms with Crippen molar-refractivity contribution in [3.8, 4) is 16.9 Å². The van der Waals surface area contributed by atoms with Gasteiger partial charge in [-0.15, -0.1) is 0 Å². The first-order valence-corrected chi connectivity index (χ1v) is 8.98. The average Bonchev–Trinajstić information content (AvgIpc) is 2.54. The van der Waals surface area contributed by atoms with Crippen LogP contribution in [0.3, 0.4) is 0 Å². The van der Waals surface area contributed by atoms with Gasteiger partial charge >= 0.3 is 6.09 Å². The summed E-state index contributed by atoms with van der Waals surface area (Å²) in [6, 6.07) is 6.55. The molecule has 2 aromatic carbocycles. The third-order valence-electron chi connectivity index (χ3n) is 3.32. The minimum Gasteiger partial charge on any atom is -0.409 e. The third-order valence-corrected chi connectivity index (χ3v) is 4.04. The van der Waals surface area contributed by atoms with Crippen LogP contribution in [-0.2, 0) is 10.1 Å². The Morgan fingerprint density at radius 2 is 1.85 bits per heavy atom. The van der Waals surface area contributed by atoms with Crippen molar-refractivity contribution in [1.29, 1.82) is 0 Å². The first-order chi connectivity index (χ1) is 12.6. The predicted molar refractivity (Wildman–Crippen MR) is 90.8 cm³/mol. The van der Waals surface area contributed by atoms with Crippen LogP contribution in [0.5, 0.6) is 5.75 Å². The van der Waals surface area contributed by atoms with Crippen LogP contribution in [0.4, 0.5) is 13.6 Å². The van der Waals surface area contributed by atoms with E-state index < -0.39 is 46.1 Å². The lowest BCUT2D eigenvalue weighted by molar-refractivity contribution is 0.0998. The third kappa shape index (κ3) is 5.72. The SMILES string of the molecule is NC(=O)c1cc(-c2ccc(F)cc2F)ccc1OC(=O)NCCS(=O)(=O)O. The Morgan fingerprint density at radius 3 is 2.44 bits per heavy atom. The number of nitrogens with two attached hydrogens (primary N) is 1. The number of ether oxygens (including phenoxy) is 1. The summed E-state index contributed by atoms with van der Waals surface area (Å²) in [5.74, 6) is -3.58. The molecular weight excluding hydrogens is 386 g/mol. The second-order valence-electron chi connectivity index (χ2n) is 5.30. The molecular formula is C16H14F2N2O6S. The van der Waals surface area contributed by atoms with Crippen molar-refractivity contribution in [3.63, 3.8) is 0 Å². The lowest BCUT2D eigenvalue weighted by Gasteiger charge is -2.11. The van der Waals surface area contributed by atoms with Crippen molar-refractivity contribution >= 4 is 22.1 Å². The fourth-order valence-electron chi connectivity index (χ4n) is 2.12. The van der Waals surface area contributed by atoms with E-state index in [-0.39, 0.29) is 22.4 Å². The van der Waals surface area contributed by atoms with Crippen molar-refractivity contribution in [1.82, 2.24) is 5.32 Å². The second kappa shape index (κ2) is 8.10. The standard InChI is InChI=1S/C16H14F2N2O6S/c17-10-2-3-11(13(18)8-10)9-1-4-14(12(7-9)15(19)21)26-16(22)20-5-6-27(23,24)25/h1-4,7-8H,5-6H2,(H2,19,21)(H,20,22)(H,23,24,25). The number of benzene rings is 2. The van der Waals surface area contributed by atoms with E-state index in [0.717, 1.165) is 6.07 Å². The van der Waals surface area contributed by atoms with Gasteiger partial charge in [0.25, 0.3) is 16.0 Å². The molecule has 0 fully saturated rings. The van der Waals surface area contributed by atoms with Gasteiger partial charge in [0.05, 0.1) is 11.3 Å². The van der Waals surface area contributed by atoms with E-state index in [1.165, 1.54) is 24.3 Å². The Hall–Kier alpha value is -3.05. The molecule has 0 aliphatic rings. The molecule has 8 nitrogen and oxygen atoms in total. The number of amides is 2. The van der Waals surface area contributed by atoms with Gasteiger partial charge in [-0.25, -0.2) is 13.6 Å². The molecule has 0 spiro atoms. The average molecular weight is 400 g/mol. The Labute approximate surface area is 152 Å². The van der Waals surface area contributed by atoms with Gasteiger partial charge in [-0.3, -0.25) is 9.35 Å². The number of hydrogen-bond donors (Lipinski definition) is 3. The zero-order valence-electron chi connectivity index (χ0n) is 13.6. The highest BCUT2D eigenvalue weighted by Crippen LogP contribution is 2.29. The summed E-state index contributed by atoms with van der Waals surface area (Å²) in [5, 5.41) is 2.06. The van der Waals surface area contributed by atoms with Crippen LogP contribution in [-0.4, -0.2) is 37.3 Å². The minimum atomic E-state index is -4.26. The topological polar surface area (TPSA) is 136 Å². The summed E-state index contributed by atoms with van der Waals surface area (Å²) in [7, 11) is -4.26. The first kappa shape index (κ1) is 20.3. The maximum atomic E-state index is 13.9. The number of hydrogen-bond acceptors (Lipinski definition) is 5. The highest BCUT2D eigenvalue weighted by Gasteiger charge is 2.16. The van der Waals surface area contributed by atoms with E-state index in [1.54, 1.807) is 0 Å². The van der Waals surface area contributed by atoms with Crippen LogP contribution in [0.25, 0.3) is 11.1 Å². The second-order valence-corrected chi connectivity index (χ2v) is 6.87. The fourth-order valence-corrected chi connectivity index (χ4v) is 2.48. The Balaban J connectivity index is 2.23. The summed E-state index contributed by atoms with van der Waals surface area (Å²) in [5.41, 5.74) is 5.19. The zero-order valence-corrected chi connectivity index (χ0v) is 14.4. The van der Waals surface area contributed by atoms with E-state index in [4.69, 9.17) is 15.0 Å². The van der Waals surface area contributed by atoms with Gasteiger partial charge in [-0.1, -0.05) is 6.07 Å². The summed E-state index contributed by atoms with van der Waals surface area (Å²) >= 11 is 0. The fraction of sp³-hybridized carbons (Fsp3) is 0.125. The highest BCUT2D eigenvalue weighted by molar-refractivity contribution is 7.85. The van der Waals surface area contributed by atoms with Gasteiger partial charge in [-0.2, -0.15) is 8.42 Å². The molecule has 0 saturated carbocycles. The molecule has 4 N–H and O–H groups in total. The predicted octanol–water partition coefficient (Wildman–Crippen LogP) is 1.71. The van der Waals surface area contributed by atoms with Crippen molar-refractivity contribution in [2.75, 3.05) is 12.3 Å². The molecule has 0 heterocycles. The van der Waals surface area contributed by atoms with Crippen LogP contribution in [0.15, 0.2) is 36.4 Å². The summed E-state index contributed by atoms with van der Waals surface area (Å²) in [6.45, 7) is -0.428. The molecule has 0 aliphatic heterocycles. The monoisotopic (exact) mass is 400 g/mol. The molecule has 27 heavy (non-hydrogen) atoms. The van der Waals surface area contributed by atoms with Crippen molar-refractivity contribution < 1.29 is 36.1 Å².